The molecule has 0 atom stereocenters. The van der Waals surface area contributed by atoms with E-state index in [4.69, 9.17) is 21.9 Å². The molecule has 0 aliphatic carbocycles. The van der Waals surface area contributed by atoms with Crippen LogP contribution in [0, 0.1) is 0 Å². The Labute approximate surface area is 129 Å². The van der Waals surface area contributed by atoms with E-state index in [2.05, 4.69) is 10.1 Å². The molecule has 0 amide bonds. The number of benzene rings is 1. The molecular formula is C13H10ClN3OS2. The Balaban J connectivity index is 1.70. The molecule has 0 saturated carbocycles. The Kier molecular flexibility index (Phi) is 3.95. The first-order valence-electron chi connectivity index (χ1n) is 5.76. The third-order valence-electron chi connectivity index (χ3n) is 2.52. The maximum absolute atomic E-state index is 6.12. The first-order chi connectivity index (χ1) is 9.72. The van der Waals surface area contributed by atoms with Gasteiger partial charge in [0.05, 0.1) is 15.7 Å². The van der Waals surface area contributed by atoms with Crippen LogP contribution in [0.2, 0.25) is 5.02 Å². The van der Waals surface area contributed by atoms with Crippen molar-refractivity contribution in [2.45, 2.75) is 10.6 Å². The smallest absolute Gasteiger partial charge is 0.237 e. The number of anilines is 1. The summed E-state index contributed by atoms with van der Waals surface area (Å²) in [7, 11) is 0. The summed E-state index contributed by atoms with van der Waals surface area (Å²) in [5.41, 5.74) is 6.31. The van der Waals surface area contributed by atoms with Crippen LogP contribution in [0.3, 0.4) is 0 Å². The molecule has 3 aromatic rings. The molecule has 20 heavy (non-hydrogen) atoms. The molecular weight excluding hydrogens is 314 g/mol. The van der Waals surface area contributed by atoms with Gasteiger partial charge in [0.2, 0.25) is 11.7 Å². The maximum Gasteiger partial charge on any atom is 0.237 e. The number of thioether (sulfide) groups is 1. The topological polar surface area (TPSA) is 64.9 Å². The van der Waals surface area contributed by atoms with Gasteiger partial charge in [-0.15, -0.1) is 23.1 Å². The molecule has 0 aliphatic heterocycles. The van der Waals surface area contributed by atoms with Crippen LogP contribution in [0.5, 0.6) is 0 Å². The average Bonchev–Trinajstić information content (AvgIpc) is 3.08. The summed E-state index contributed by atoms with van der Waals surface area (Å²) in [6.45, 7) is 0. The molecule has 2 N–H and O–H groups in total. The quantitative estimate of drug-likeness (QED) is 0.572. The fraction of sp³-hybridized carbons (Fsp3) is 0.0769. The molecule has 0 bridgehead atoms. The first kappa shape index (κ1) is 13.5. The molecule has 0 radical (unpaired) electrons. The minimum atomic E-state index is 0.571. The van der Waals surface area contributed by atoms with Gasteiger partial charge in [-0.1, -0.05) is 22.8 Å². The van der Waals surface area contributed by atoms with Crippen LogP contribution in [0.15, 0.2) is 45.1 Å². The average molecular weight is 324 g/mol. The molecule has 0 fully saturated rings. The zero-order valence-corrected chi connectivity index (χ0v) is 12.6. The molecule has 4 nitrogen and oxygen atoms in total. The van der Waals surface area contributed by atoms with Crippen LogP contribution in [0.4, 0.5) is 5.69 Å². The molecule has 0 spiro atoms. The molecule has 0 aliphatic rings. The minimum Gasteiger partial charge on any atom is -0.399 e. The number of nitrogens with zero attached hydrogens (tertiary/aromatic N) is 2. The van der Waals surface area contributed by atoms with Gasteiger partial charge in [-0.25, -0.2) is 0 Å². The van der Waals surface area contributed by atoms with Gasteiger partial charge in [0.15, 0.2) is 0 Å². The van der Waals surface area contributed by atoms with Gasteiger partial charge in [0.25, 0.3) is 0 Å². The van der Waals surface area contributed by atoms with E-state index < -0.39 is 0 Å². The summed E-state index contributed by atoms with van der Waals surface area (Å²) < 4.78 is 5.23. The summed E-state index contributed by atoms with van der Waals surface area (Å²) in [6, 6.07) is 9.36. The predicted octanol–water partition coefficient (Wildman–Crippen LogP) is 4.33. The van der Waals surface area contributed by atoms with E-state index in [9.17, 15) is 0 Å². The van der Waals surface area contributed by atoms with E-state index in [1.807, 2.05) is 29.6 Å². The van der Waals surface area contributed by atoms with Gasteiger partial charge in [-0.3, -0.25) is 0 Å². The zero-order chi connectivity index (χ0) is 13.9. The van der Waals surface area contributed by atoms with Gasteiger partial charge in [-0.05, 0) is 29.6 Å². The van der Waals surface area contributed by atoms with E-state index in [0.717, 1.165) is 9.77 Å². The van der Waals surface area contributed by atoms with Crippen molar-refractivity contribution in [1.82, 2.24) is 10.1 Å². The summed E-state index contributed by atoms with van der Waals surface area (Å²) in [5, 5.41) is 6.58. The Morgan fingerprint density at radius 2 is 2.25 bits per heavy atom. The number of aromatic nitrogens is 2. The fourth-order valence-electron chi connectivity index (χ4n) is 1.59. The lowest BCUT2D eigenvalue weighted by Crippen LogP contribution is -1.86. The van der Waals surface area contributed by atoms with Crippen molar-refractivity contribution in [2.75, 3.05) is 5.73 Å². The second kappa shape index (κ2) is 5.87. The third-order valence-corrected chi connectivity index (χ3v) is 4.87. The normalized spacial score (nSPS) is 10.8. The first-order valence-corrected chi connectivity index (χ1v) is 8.01. The molecule has 7 heteroatoms. The van der Waals surface area contributed by atoms with Crippen molar-refractivity contribution in [3.8, 4) is 10.7 Å². The van der Waals surface area contributed by atoms with E-state index in [1.165, 1.54) is 11.8 Å². The maximum atomic E-state index is 6.12. The van der Waals surface area contributed by atoms with Crippen molar-refractivity contribution in [3.05, 3.63) is 46.6 Å². The SMILES string of the molecule is Nc1ccc(SCc2nc(-c3cccs3)no2)c(Cl)c1. The van der Waals surface area contributed by atoms with Crippen molar-refractivity contribution in [3.63, 3.8) is 0 Å². The van der Waals surface area contributed by atoms with Gasteiger partial charge in [0, 0.05) is 10.6 Å². The van der Waals surface area contributed by atoms with Gasteiger partial charge >= 0.3 is 0 Å². The Bertz CT molecular complexity index is 712. The Hall–Kier alpha value is -1.50. The highest BCUT2D eigenvalue weighted by Gasteiger charge is 2.10. The summed E-state index contributed by atoms with van der Waals surface area (Å²) in [5.74, 6) is 1.77. The number of thiophene rings is 1. The van der Waals surface area contributed by atoms with Gasteiger partial charge in [-0.2, -0.15) is 4.98 Å². The number of rotatable bonds is 4. The molecule has 102 valence electrons. The highest BCUT2D eigenvalue weighted by Crippen LogP contribution is 2.31. The third kappa shape index (κ3) is 2.98. The largest absolute Gasteiger partial charge is 0.399 e. The second-order valence-electron chi connectivity index (χ2n) is 3.97. The molecule has 2 heterocycles. The van der Waals surface area contributed by atoms with Crippen LogP contribution in [0.1, 0.15) is 5.89 Å². The van der Waals surface area contributed by atoms with Crippen LogP contribution < -0.4 is 5.73 Å². The Morgan fingerprint density at radius 3 is 3.00 bits per heavy atom. The lowest BCUT2D eigenvalue weighted by molar-refractivity contribution is 0.392. The number of nitrogens with two attached hydrogens (primary N) is 1. The zero-order valence-electron chi connectivity index (χ0n) is 10.2. The van der Waals surface area contributed by atoms with E-state index in [-0.39, 0.29) is 0 Å². The van der Waals surface area contributed by atoms with E-state index in [1.54, 1.807) is 17.4 Å². The highest BCUT2D eigenvalue weighted by molar-refractivity contribution is 7.98. The number of hydrogen-bond acceptors (Lipinski definition) is 6. The fourth-order valence-corrected chi connectivity index (χ4v) is 3.35. The molecule has 2 aromatic heterocycles. The number of halogens is 1. The number of nitrogen functional groups attached to an aromatic ring is 1. The monoisotopic (exact) mass is 323 g/mol. The molecule has 3 rings (SSSR count). The summed E-state index contributed by atoms with van der Waals surface area (Å²) >= 11 is 9.24. The summed E-state index contributed by atoms with van der Waals surface area (Å²) in [6.07, 6.45) is 0. The van der Waals surface area contributed by atoms with Crippen molar-refractivity contribution in [2.24, 2.45) is 0 Å². The van der Waals surface area contributed by atoms with Gasteiger partial charge in [0.1, 0.15) is 0 Å². The molecule has 0 saturated heterocycles. The van der Waals surface area contributed by atoms with Crippen molar-refractivity contribution >= 4 is 40.4 Å². The minimum absolute atomic E-state index is 0.571. The highest BCUT2D eigenvalue weighted by atomic mass is 35.5. The van der Waals surface area contributed by atoms with Crippen LogP contribution in [-0.4, -0.2) is 10.1 Å². The van der Waals surface area contributed by atoms with Crippen LogP contribution in [0.25, 0.3) is 10.7 Å². The molecule has 1 aromatic carbocycles. The van der Waals surface area contributed by atoms with E-state index in [0.29, 0.717) is 28.2 Å². The van der Waals surface area contributed by atoms with Crippen molar-refractivity contribution in [1.29, 1.82) is 0 Å². The predicted molar refractivity (Wildman–Crippen MR) is 83.0 cm³/mol. The molecule has 0 unspecified atom stereocenters. The van der Waals surface area contributed by atoms with Gasteiger partial charge < -0.3 is 10.3 Å². The lowest BCUT2D eigenvalue weighted by atomic mass is 10.3. The van der Waals surface area contributed by atoms with Crippen molar-refractivity contribution < 1.29 is 4.52 Å². The van der Waals surface area contributed by atoms with Crippen LogP contribution >= 0.6 is 34.7 Å². The second-order valence-corrected chi connectivity index (χ2v) is 6.34. The standard InChI is InChI=1S/C13H10ClN3OS2/c14-9-6-8(15)3-4-10(9)20-7-12-16-13(17-18-12)11-2-1-5-19-11/h1-6H,7,15H2. The Morgan fingerprint density at radius 1 is 1.35 bits per heavy atom. The lowest BCUT2D eigenvalue weighted by Gasteiger charge is -2.02. The number of hydrogen-bond donors (Lipinski definition) is 1. The summed E-state index contributed by atoms with van der Waals surface area (Å²) in [4.78, 5) is 6.30. The van der Waals surface area contributed by atoms with Crippen LogP contribution in [-0.2, 0) is 5.75 Å². The van der Waals surface area contributed by atoms with E-state index >= 15 is 0 Å².